The molecule has 0 aliphatic heterocycles. The van der Waals surface area contributed by atoms with Crippen molar-refractivity contribution in [3.63, 3.8) is 0 Å². The number of aryl methyl sites for hydroxylation is 2. The van der Waals surface area contributed by atoms with Gasteiger partial charge in [0.1, 0.15) is 0 Å². The summed E-state index contributed by atoms with van der Waals surface area (Å²) in [5.74, 6) is -0.185. The first-order chi connectivity index (χ1) is 8.34. The van der Waals surface area contributed by atoms with Crippen molar-refractivity contribution in [2.24, 2.45) is 5.92 Å². The lowest BCUT2D eigenvalue weighted by atomic mass is 10.1. The van der Waals surface area contributed by atoms with E-state index < -0.39 is 21.2 Å². The standard InChI is InChI=1S/C14H20O3S/c1-9-4-6-13(10(2)8-9)18(16,17)14-7-5-12(15)11(14)3/h4,6,8,11-12,14-15H,5,7H2,1-3H3. The second kappa shape index (κ2) is 4.67. The third-order valence-electron chi connectivity index (χ3n) is 3.98. The molecule has 1 aromatic rings. The van der Waals surface area contributed by atoms with Gasteiger partial charge in [-0.3, -0.25) is 0 Å². The Morgan fingerprint density at radius 2 is 1.89 bits per heavy atom. The molecular weight excluding hydrogens is 248 g/mol. The Bertz CT molecular complexity index is 548. The molecule has 4 heteroatoms. The van der Waals surface area contributed by atoms with Crippen LogP contribution in [0.4, 0.5) is 0 Å². The maximum atomic E-state index is 12.6. The van der Waals surface area contributed by atoms with Crippen LogP contribution in [0.1, 0.15) is 30.9 Å². The predicted molar refractivity (Wildman–Crippen MR) is 71.3 cm³/mol. The van der Waals surface area contributed by atoms with Crippen molar-refractivity contribution in [2.45, 2.75) is 49.9 Å². The third-order valence-corrected chi connectivity index (χ3v) is 6.51. The molecule has 1 fully saturated rings. The zero-order valence-electron chi connectivity index (χ0n) is 11.1. The summed E-state index contributed by atoms with van der Waals surface area (Å²) in [6.45, 7) is 5.60. The summed E-state index contributed by atoms with van der Waals surface area (Å²) >= 11 is 0. The van der Waals surface area contributed by atoms with E-state index in [1.54, 1.807) is 6.07 Å². The molecule has 2 rings (SSSR count). The van der Waals surface area contributed by atoms with Gasteiger partial charge >= 0.3 is 0 Å². The predicted octanol–water partition coefficient (Wildman–Crippen LogP) is 2.24. The maximum Gasteiger partial charge on any atom is 0.181 e. The van der Waals surface area contributed by atoms with E-state index in [9.17, 15) is 13.5 Å². The lowest BCUT2D eigenvalue weighted by molar-refractivity contribution is 0.142. The Balaban J connectivity index is 2.43. The van der Waals surface area contributed by atoms with Crippen molar-refractivity contribution in [2.75, 3.05) is 0 Å². The number of rotatable bonds is 2. The molecule has 1 N–H and O–H groups in total. The largest absolute Gasteiger partial charge is 0.393 e. The average molecular weight is 268 g/mol. The Labute approximate surface area is 109 Å². The molecule has 1 saturated carbocycles. The highest BCUT2D eigenvalue weighted by molar-refractivity contribution is 7.92. The van der Waals surface area contributed by atoms with Gasteiger partial charge in [0, 0.05) is 0 Å². The summed E-state index contributed by atoms with van der Waals surface area (Å²) in [6.07, 6.45) is 0.643. The van der Waals surface area contributed by atoms with Crippen molar-refractivity contribution in [1.29, 1.82) is 0 Å². The van der Waals surface area contributed by atoms with Crippen LogP contribution >= 0.6 is 0 Å². The molecule has 1 aliphatic carbocycles. The number of aliphatic hydroxyl groups excluding tert-OH is 1. The number of hydrogen-bond acceptors (Lipinski definition) is 3. The minimum Gasteiger partial charge on any atom is -0.393 e. The normalized spacial score (nSPS) is 28.6. The van der Waals surface area contributed by atoms with E-state index in [4.69, 9.17) is 0 Å². The van der Waals surface area contributed by atoms with E-state index in [0.717, 1.165) is 11.1 Å². The number of hydrogen-bond donors (Lipinski definition) is 1. The molecule has 0 bridgehead atoms. The molecule has 3 atom stereocenters. The highest BCUT2D eigenvalue weighted by Crippen LogP contribution is 2.35. The monoisotopic (exact) mass is 268 g/mol. The van der Waals surface area contributed by atoms with Gasteiger partial charge in [-0.05, 0) is 44.2 Å². The van der Waals surface area contributed by atoms with Crippen LogP contribution in [0.25, 0.3) is 0 Å². The fourth-order valence-electron chi connectivity index (χ4n) is 2.83. The Hall–Kier alpha value is -0.870. The van der Waals surface area contributed by atoms with Gasteiger partial charge in [-0.15, -0.1) is 0 Å². The zero-order chi connectivity index (χ0) is 13.5. The van der Waals surface area contributed by atoms with Crippen molar-refractivity contribution in [1.82, 2.24) is 0 Å². The van der Waals surface area contributed by atoms with Gasteiger partial charge in [-0.25, -0.2) is 8.42 Å². The molecule has 3 unspecified atom stereocenters. The first-order valence-corrected chi connectivity index (χ1v) is 7.88. The van der Waals surface area contributed by atoms with Crippen LogP contribution in [-0.2, 0) is 9.84 Å². The molecule has 100 valence electrons. The van der Waals surface area contributed by atoms with Crippen molar-refractivity contribution in [3.05, 3.63) is 29.3 Å². The first-order valence-electron chi connectivity index (χ1n) is 6.33. The topological polar surface area (TPSA) is 54.4 Å². The highest BCUT2D eigenvalue weighted by Gasteiger charge is 2.41. The summed E-state index contributed by atoms with van der Waals surface area (Å²) in [4.78, 5) is 0.416. The summed E-state index contributed by atoms with van der Waals surface area (Å²) in [6, 6.07) is 5.41. The Morgan fingerprint density at radius 1 is 1.22 bits per heavy atom. The van der Waals surface area contributed by atoms with E-state index in [0.29, 0.717) is 17.7 Å². The molecule has 0 saturated heterocycles. The van der Waals surface area contributed by atoms with Crippen molar-refractivity contribution in [3.8, 4) is 0 Å². The SMILES string of the molecule is Cc1ccc(S(=O)(=O)C2CCC(O)C2C)c(C)c1. The molecule has 0 radical (unpaired) electrons. The second-order valence-electron chi connectivity index (χ2n) is 5.36. The maximum absolute atomic E-state index is 12.6. The number of benzene rings is 1. The lowest BCUT2D eigenvalue weighted by Gasteiger charge is -2.19. The highest BCUT2D eigenvalue weighted by atomic mass is 32.2. The van der Waals surface area contributed by atoms with Crippen LogP contribution in [0.5, 0.6) is 0 Å². The average Bonchev–Trinajstić information content (AvgIpc) is 2.59. The number of aliphatic hydroxyl groups is 1. The number of sulfone groups is 1. The molecule has 3 nitrogen and oxygen atoms in total. The molecule has 0 aromatic heterocycles. The fraction of sp³-hybridized carbons (Fsp3) is 0.571. The summed E-state index contributed by atoms with van der Waals surface area (Å²) in [5, 5.41) is 9.28. The van der Waals surface area contributed by atoms with Crippen molar-refractivity contribution >= 4 is 9.84 Å². The van der Waals surface area contributed by atoms with E-state index >= 15 is 0 Å². The summed E-state index contributed by atoms with van der Waals surface area (Å²) in [7, 11) is -3.33. The van der Waals surface area contributed by atoms with Gasteiger partial charge in [-0.1, -0.05) is 24.6 Å². The van der Waals surface area contributed by atoms with E-state index in [1.165, 1.54) is 0 Å². The molecule has 1 aliphatic rings. The molecular formula is C14H20O3S. The minimum atomic E-state index is -3.33. The first kappa shape index (κ1) is 13.6. The van der Waals surface area contributed by atoms with Gasteiger partial charge in [0.25, 0.3) is 0 Å². The zero-order valence-corrected chi connectivity index (χ0v) is 11.9. The van der Waals surface area contributed by atoms with Crippen molar-refractivity contribution < 1.29 is 13.5 Å². The molecule has 0 amide bonds. The summed E-state index contributed by atoms with van der Waals surface area (Å²) in [5.41, 5.74) is 1.86. The third kappa shape index (κ3) is 2.19. The van der Waals surface area contributed by atoms with Gasteiger partial charge in [0.05, 0.1) is 16.2 Å². The quantitative estimate of drug-likeness (QED) is 0.895. The minimum absolute atomic E-state index is 0.185. The molecule has 0 spiro atoms. The van der Waals surface area contributed by atoms with Crippen LogP contribution < -0.4 is 0 Å². The van der Waals surface area contributed by atoms with Crippen LogP contribution in [-0.4, -0.2) is 24.9 Å². The fourth-order valence-corrected chi connectivity index (χ4v) is 5.11. The smallest absolute Gasteiger partial charge is 0.181 e. The summed E-state index contributed by atoms with van der Waals surface area (Å²) < 4.78 is 25.2. The Morgan fingerprint density at radius 3 is 2.39 bits per heavy atom. The van der Waals surface area contributed by atoms with Crippen LogP contribution in [0.3, 0.4) is 0 Å². The van der Waals surface area contributed by atoms with Gasteiger partial charge < -0.3 is 5.11 Å². The van der Waals surface area contributed by atoms with E-state index in [-0.39, 0.29) is 5.92 Å². The lowest BCUT2D eigenvalue weighted by Crippen LogP contribution is -2.28. The van der Waals surface area contributed by atoms with Gasteiger partial charge in [-0.2, -0.15) is 0 Å². The van der Waals surface area contributed by atoms with E-state index in [2.05, 4.69) is 0 Å². The van der Waals surface area contributed by atoms with Crippen LogP contribution in [0.2, 0.25) is 0 Å². The van der Waals surface area contributed by atoms with E-state index in [1.807, 2.05) is 32.9 Å². The van der Waals surface area contributed by atoms with Crippen LogP contribution in [0, 0.1) is 19.8 Å². The second-order valence-corrected chi connectivity index (χ2v) is 7.49. The molecule has 1 aromatic carbocycles. The molecule has 18 heavy (non-hydrogen) atoms. The molecule has 0 heterocycles. The Kier molecular flexibility index (Phi) is 3.52. The van der Waals surface area contributed by atoms with Gasteiger partial charge in [0.2, 0.25) is 0 Å². The van der Waals surface area contributed by atoms with Gasteiger partial charge in [0.15, 0.2) is 9.84 Å². The van der Waals surface area contributed by atoms with Crippen LogP contribution in [0.15, 0.2) is 23.1 Å².